The largest absolute Gasteiger partial charge is 0.489 e. The van der Waals surface area contributed by atoms with Gasteiger partial charge in [-0.05, 0) is 54.6 Å². The monoisotopic (exact) mass is 451 g/mol. The molecule has 4 rings (SSSR count). The summed E-state index contributed by atoms with van der Waals surface area (Å²) in [7, 11) is 0. The lowest BCUT2D eigenvalue weighted by atomic mass is 10.1. The zero-order valence-corrected chi connectivity index (χ0v) is 18.8. The number of anilines is 1. The second-order valence-electron chi connectivity index (χ2n) is 7.36. The van der Waals surface area contributed by atoms with E-state index < -0.39 is 0 Å². The number of carbonyl (C=O) groups is 1. The van der Waals surface area contributed by atoms with Gasteiger partial charge < -0.3 is 10.1 Å². The molecular formula is C24H22ClN3O2S. The number of nitrogens with zero attached hydrogens (tertiary/aromatic N) is 2. The molecule has 0 fully saturated rings. The van der Waals surface area contributed by atoms with Crippen molar-refractivity contribution in [3.05, 3.63) is 98.3 Å². The lowest BCUT2D eigenvalue weighted by molar-refractivity contribution is 0.103. The Balaban J connectivity index is 1.33. The average Bonchev–Trinajstić information content (AvgIpc) is 3.39. The minimum Gasteiger partial charge on any atom is -0.489 e. The first-order valence-electron chi connectivity index (χ1n) is 9.83. The van der Waals surface area contributed by atoms with Crippen molar-refractivity contribution in [1.82, 2.24) is 9.78 Å². The highest BCUT2D eigenvalue weighted by molar-refractivity contribution is 7.12. The van der Waals surface area contributed by atoms with E-state index in [9.17, 15) is 4.79 Å². The van der Waals surface area contributed by atoms with Crippen molar-refractivity contribution in [1.29, 1.82) is 0 Å². The summed E-state index contributed by atoms with van der Waals surface area (Å²) in [5, 5.41) is 9.91. The topological polar surface area (TPSA) is 56.2 Å². The Morgan fingerprint density at radius 3 is 2.68 bits per heavy atom. The van der Waals surface area contributed by atoms with E-state index in [1.807, 2.05) is 41.4 Å². The molecule has 2 aromatic carbocycles. The molecule has 1 N–H and O–H groups in total. The van der Waals surface area contributed by atoms with Crippen LogP contribution in [0.1, 0.15) is 31.9 Å². The zero-order chi connectivity index (χ0) is 21.8. The second kappa shape index (κ2) is 9.37. The Bertz CT molecular complexity index is 1200. The van der Waals surface area contributed by atoms with E-state index in [1.165, 1.54) is 16.9 Å². The van der Waals surface area contributed by atoms with E-state index in [2.05, 4.69) is 41.6 Å². The fourth-order valence-electron chi connectivity index (χ4n) is 3.08. The van der Waals surface area contributed by atoms with Crippen LogP contribution in [0.25, 0.3) is 0 Å². The predicted octanol–water partition coefficient (Wildman–Crippen LogP) is 6.09. The maximum Gasteiger partial charge on any atom is 0.266 e. The molecule has 0 saturated carbocycles. The molecule has 31 heavy (non-hydrogen) atoms. The molecule has 0 atom stereocenters. The molecule has 4 aromatic rings. The van der Waals surface area contributed by atoms with Crippen LogP contribution in [0.15, 0.2) is 66.2 Å². The maximum absolute atomic E-state index is 12.6. The maximum atomic E-state index is 12.6. The zero-order valence-electron chi connectivity index (χ0n) is 17.3. The Morgan fingerprint density at radius 2 is 1.90 bits per heavy atom. The molecule has 0 aliphatic rings. The average molecular weight is 452 g/mol. The standard InChI is InChI=1S/C24H22ClN3O2S/c1-16-3-5-18(6-4-16)13-28-10-9-23(27-28)26-24(29)22-12-19(15-31-22)14-30-21-8-7-20(25)11-17(21)2/h3-12,15H,13-14H2,1-2H3,(H,26,27,29). The molecule has 158 valence electrons. The number of rotatable bonds is 7. The molecule has 2 aromatic heterocycles. The van der Waals surface area contributed by atoms with Crippen LogP contribution in [-0.4, -0.2) is 15.7 Å². The van der Waals surface area contributed by atoms with Crippen molar-refractivity contribution in [3.63, 3.8) is 0 Å². The van der Waals surface area contributed by atoms with Crippen LogP contribution < -0.4 is 10.1 Å². The predicted molar refractivity (Wildman–Crippen MR) is 125 cm³/mol. The van der Waals surface area contributed by atoms with E-state index in [0.717, 1.165) is 22.4 Å². The van der Waals surface area contributed by atoms with Gasteiger partial charge in [-0.3, -0.25) is 9.48 Å². The van der Waals surface area contributed by atoms with Gasteiger partial charge in [0.2, 0.25) is 0 Å². The number of hydrogen-bond acceptors (Lipinski definition) is 4. The third kappa shape index (κ3) is 5.54. The Labute approximate surface area is 190 Å². The molecule has 1 amide bonds. The van der Waals surface area contributed by atoms with Crippen molar-refractivity contribution in [3.8, 4) is 5.75 Å². The molecule has 7 heteroatoms. The van der Waals surface area contributed by atoms with Crippen molar-refractivity contribution in [2.75, 3.05) is 5.32 Å². The highest BCUT2D eigenvalue weighted by atomic mass is 35.5. The molecule has 0 spiro atoms. The molecule has 0 aliphatic carbocycles. The summed E-state index contributed by atoms with van der Waals surface area (Å²) in [6, 6.07) is 17.5. The van der Waals surface area contributed by atoms with Gasteiger partial charge in [-0.25, -0.2) is 0 Å². The lowest BCUT2D eigenvalue weighted by Crippen LogP contribution is -2.11. The van der Waals surface area contributed by atoms with Gasteiger partial charge in [0.1, 0.15) is 12.4 Å². The number of halogens is 1. The number of carbonyl (C=O) groups excluding carboxylic acids is 1. The quantitative estimate of drug-likeness (QED) is 0.369. The van der Waals surface area contributed by atoms with Crippen molar-refractivity contribution in [2.24, 2.45) is 0 Å². The Hall–Kier alpha value is -3.09. The first-order valence-corrected chi connectivity index (χ1v) is 11.1. The third-order valence-corrected chi connectivity index (χ3v) is 5.97. The minimum atomic E-state index is -0.181. The summed E-state index contributed by atoms with van der Waals surface area (Å²) in [6.45, 7) is 5.05. The molecule has 0 bridgehead atoms. The molecular weight excluding hydrogens is 430 g/mol. The SMILES string of the molecule is Cc1ccc(Cn2ccc(NC(=O)c3cc(COc4ccc(Cl)cc4C)cs3)n2)cc1. The molecule has 0 aliphatic heterocycles. The summed E-state index contributed by atoms with van der Waals surface area (Å²) in [5.41, 5.74) is 4.29. The highest BCUT2D eigenvalue weighted by Crippen LogP contribution is 2.24. The fraction of sp³-hybridized carbons (Fsp3) is 0.167. The molecule has 2 heterocycles. The second-order valence-corrected chi connectivity index (χ2v) is 8.70. The summed E-state index contributed by atoms with van der Waals surface area (Å²) in [4.78, 5) is 13.2. The van der Waals surface area contributed by atoms with Gasteiger partial charge in [0.25, 0.3) is 5.91 Å². The Morgan fingerprint density at radius 1 is 1.10 bits per heavy atom. The van der Waals surface area contributed by atoms with E-state index in [0.29, 0.717) is 28.9 Å². The number of ether oxygens (including phenoxy) is 1. The number of aryl methyl sites for hydroxylation is 2. The van der Waals surface area contributed by atoms with Gasteiger partial charge in [0, 0.05) is 22.8 Å². The fourth-order valence-corrected chi connectivity index (χ4v) is 4.10. The van der Waals surface area contributed by atoms with E-state index in [-0.39, 0.29) is 5.91 Å². The van der Waals surface area contributed by atoms with Gasteiger partial charge >= 0.3 is 0 Å². The third-order valence-electron chi connectivity index (χ3n) is 4.76. The minimum absolute atomic E-state index is 0.181. The van der Waals surface area contributed by atoms with Crippen LogP contribution in [0.4, 0.5) is 5.82 Å². The number of aromatic nitrogens is 2. The van der Waals surface area contributed by atoms with E-state index in [1.54, 1.807) is 12.1 Å². The van der Waals surface area contributed by atoms with Gasteiger partial charge in [-0.1, -0.05) is 41.4 Å². The molecule has 5 nitrogen and oxygen atoms in total. The lowest BCUT2D eigenvalue weighted by Gasteiger charge is -2.08. The number of amides is 1. The van der Waals surface area contributed by atoms with Gasteiger partial charge in [-0.15, -0.1) is 11.3 Å². The summed E-state index contributed by atoms with van der Waals surface area (Å²) < 4.78 is 7.67. The van der Waals surface area contributed by atoms with Crippen molar-refractivity contribution in [2.45, 2.75) is 27.0 Å². The molecule has 0 radical (unpaired) electrons. The number of nitrogens with one attached hydrogen (secondary N) is 1. The summed E-state index contributed by atoms with van der Waals surface area (Å²) in [5.74, 6) is 1.13. The first-order chi connectivity index (χ1) is 15.0. The molecule has 0 saturated heterocycles. The summed E-state index contributed by atoms with van der Waals surface area (Å²) >= 11 is 7.36. The van der Waals surface area contributed by atoms with Crippen molar-refractivity contribution >= 4 is 34.7 Å². The number of hydrogen-bond donors (Lipinski definition) is 1. The van der Waals surface area contributed by atoms with Crippen LogP contribution in [0.3, 0.4) is 0 Å². The number of thiophene rings is 1. The van der Waals surface area contributed by atoms with Crippen LogP contribution in [0, 0.1) is 13.8 Å². The van der Waals surface area contributed by atoms with E-state index >= 15 is 0 Å². The molecule has 0 unspecified atom stereocenters. The van der Waals surface area contributed by atoms with Gasteiger partial charge in [0.05, 0.1) is 11.4 Å². The van der Waals surface area contributed by atoms with Gasteiger partial charge in [-0.2, -0.15) is 5.10 Å². The van der Waals surface area contributed by atoms with Crippen LogP contribution >= 0.6 is 22.9 Å². The van der Waals surface area contributed by atoms with Gasteiger partial charge in [0.15, 0.2) is 5.82 Å². The normalized spacial score (nSPS) is 10.8. The number of benzene rings is 2. The smallest absolute Gasteiger partial charge is 0.266 e. The van der Waals surface area contributed by atoms with Crippen molar-refractivity contribution < 1.29 is 9.53 Å². The first kappa shape index (κ1) is 21.2. The summed E-state index contributed by atoms with van der Waals surface area (Å²) in [6.07, 6.45) is 1.86. The van der Waals surface area contributed by atoms with E-state index in [4.69, 9.17) is 16.3 Å². The van der Waals surface area contributed by atoms with Crippen LogP contribution in [0.2, 0.25) is 5.02 Å². The van der Waals surface area contributed by atoms with Crippen LogP contribution in [0.5, 0.6) is 5.75 Å². The highest BCUT2D eigenvalue weighted by Gasteiger charge is 2.12. The Kier molecular flexibility index (Phi) is 6.39. The van der Waals surface area contributed by atoms with Crippen LogP contribution in [-0.2, 0) is 13.2 Å².